The molecule has 29 heavy (non-hydrogen) atoms. The molecule has 6 nitrogen and oxygen atoms in total. The van der Waals surface area contributed by atoms with Crippen molar-refractivity contribution in [2.24, 2.45) is 5.10 Å². The molecule has 0 fully saturated rings. The monoisotopic (exact) mass is 488 g/mol. The van der Waals surface area contributed by atoms with Gasteiger partial charge in [0.1, 0.15) is 4.88 Å². The Kier molecular flexibility index (Phi) is 5.66. The number of hydrogen-bond acceptors (Lipinski definition) is 4. The molecule has 4 rings (SSSR count). The Hall–Kier alpha value is -2.68. The van der Waals surface area contributed by atoms with Crippen molar-refractivity contribution < 1.29 is 9.59 Å². The van der Waals surface area contributed by atoms with Gasteiger partial charge >= 0.3 is 0 Å². The van der Waals surface area contributed by atoms with Gasteiger partial charge in [-0.1, -0.05) is 45.7 Å². The molecule has 0 aliphatic rings. The third-order valence-electron chi connectivity index (χ3n) is 4.22. The second kappa shape index (κ2) is 8.36. The Morgan fingerprint density at radius 2 is 2.03 bits per heavy atom. The standard InChI is InChI=1S/C20H14BrClN4O2S/c21-12-5-6-15-14(7-12)11(8-23-15)9-25-26-17(27)10-24-20(28)19-18(22)13-3-1-2-4-16(13)29-19/h1-9,23H,10H2,(H,24,28)(H,26,27)/b25-9+. The fraction of sp³-hybridized carbons (Fsp3) is 0.0500. The molecule has 0 aliphatic heterocycles. The molecule has 3 N–H and O–H groups in total. The van der Waals surface area contributed by atoms with Crippen LogP contribution in [0, 0.1) is 0 Å². The van der Waals surface area contributed by atoms with Crippen LogP contribution in [0.25, 0.3) is 21.0 Å². The van der Waals surface area contributed by atoms with E-state index in [0.717, 1.165) is 31.0 Å². The topological polar surface area (TPSA) is 86.3 Å². The van der Waals surface area contributed by atoms with Gasteiger partial charge in [0.25, 0.3) is 11.8 Å². The SMILES string of the molecule is O=C(CNC(=O)c1sc2ccccc2c1Cl)N/N=C/c1c[nH]c2ccc(Br)cc12. The molecule has 0 saturated heterocycles. The number of aromatic nitrogens is 1. The van der Waals surface area contributed by atoms with Gasteiger partial charge in [-0.3, -0.25) is 9.59 Å². The van der Waals surface area contributed by atoms with Gasteiger partial charge in [0.2, 0.25) is 0 Å². The summed E-state index contributed by atoms with van der Waals surface area (Å²) in [5.41, 5.74) is 4.21. The zero-order chi connectivity index (χ0) is 20.4. The smallest absolute Gasteiger partial charge is 0.263 e. The predicted octanol–water partition coefficient (Wildman–Crippen LogP) is 4.68. The number of aromatic amines is 1. The van der Waals surface area contributed by atoms with E-state index in [1.807, 2.05) is 42.5 Å². The summed E-state index contributed by atoms with van der Waals surface area (Å²) in [7, 11) is 0. The zero-order valence-electron chi connectivity index (χ0n) is 14.8. The second-order valence-electron chi connectivity index (χ2n) is 6.15. The molecule has 0 radical (unpaired) electrons. The van der Waals surface area contributed by atoms with E-state index in [-0.39, 0.29) is 6.54 Å². The van der Waals surface area contributed by atoms with Gasteiger partial charge in [-0.25, -0.2) is 5.43 Å². The number of carbonyl (C=O) groups excluding carboxylic acids is 2. The van der Waals surface area contributed by atoms with Crippen LogP contribution < -0.4 is 10.7 Å². The molecule has 2 heterocycles. The van der Waals surface area contributed by atoms with Crippen LogP contribution in [0.1, 0.15) is 15.2 Å². The summed E-state index contributed by atoms with van der Waals surface area (Å²) in [5, 5.41) is 8.73. The number of benzene rings is 2. The predicted molar refractivity (Wildman–Crippen MR) is 121 cm³/mol. The highest BCUT2D eigenvalue weighted by Crippen LogP contribution is 2.34. The number of nitrogens with one attached hydrogen (secondary N) is 3. The van der Waals surface area contributed by atoms with Gasteiger partial charge < -0.3 is 10.3 Å². The molecular weight excluding hydrogens is 476 g/mol. The van der Waals surface area contributed by atoms with Crippen molar-refractivity contribution in [1.82, 2.24) is 15.7 Å². The van der Waals surface area contributed by atoms with E-state index in [2.05, 4.69) is 36.8 Å². The lowest BCUT2D eigenvalue weighted by molar-refractivity contribution is -0.120. The number of amides is 2. The maximum Gasteiger partial charge on any atom is 0.263 e. The summed E-state index contributed by atoms with van der Waals surface area (Å²) in [4.78, 5) is 27.9. The Balaban J connectivity index is 1.36. The summed E-state index contributed by atoms with van der Waals surface area (Å²) in [5.74, 6) is -0.829. The van der Waals surface area contributed by atoms with Crippen LogP contribution in [0.5, 0.6) is 0 Å². The number of H-pyrrole nitrogens is 1. The maximum absolute atomic E-state index is 12.4. The van der Waals surface area contributed by atoms with Crippen LogP contribution in [-0.2, 0) is 4.79 Å². The first kappa shape index (κ1) is 19.6. The van der Waals surface area contributed by atoms with Gasteiger partial charge in [0.15, 0.2) is 0 Å². The second-order valence-corrected chi connectivity index (χ2v) is 8.50. The molecule has 0 atom stereocenters. The summed E-state index contributed by atoms with van der Waals surface area (Å²) in [6.45, 7) is -0.208. The van der Waals surface area contributed by atoms with Crippen molar-refractivity contribution in [3.63, 3.8) is 0 Å². The van der Waals surface area contributed by atoms with Crippen molar-refractivity contribution in [2.45, 2.75) is 0 Å². The van der Waals surface area contributed by atoms with E-state index in [9.17, 15) is 9.59 Å². The Morgan fingerprint density at radius 3 is 2.86 bits per heavy atom. The number of hydrazone groups is 1. The highest BCUT2D eigenvalue weighted by Gasteiger charge is 2.17. The highest BCUT2D eigenvalue weighted by atomic mass is 79.9. The zero-order valence-corrected chi connectivity index (χ0v) is 18.0. The minimum Gasteiger partial charge on any atom is -0.361 e. The molecule has 0 unspecified atom stereocenters. The maximum atomic E-state index is 12.4. The number of rotatable bonds is 5. The van der Waals surface area contributed by atoms with Crippen LogP contribution in [0.15, 0.2) is 58.2 Å². The first-order valence-electron chi connectivity index (χ1n) is 8.56. The van der Waals surface area contributed by atoms with Crippen molar-refractivity contribution in [2.75, 3.05) is 6.54 Å². The lowest BCUT2D eigenvalue weighted by Gasteiger charge is -2.03. The van der Waals surface area contributed by atoms with Gasteiger partial charge in [0.05, 0.1) is 17.8 Å². The summed E-state index contributed by atoms with van der Waals surface area (Å²) in [6.07, 6.45) is 3.35. The summed E-state index contributed by atoms with van der Waals surface area (Å²) in [6, 6.07) is 13.3. The Labute approximate surface area is 183 Å². The fourth-order valence-electron chi connectivity index (χ4n) is 2.84. The fourth-order valence-corrected chi connectivity index (χ4v) is 4.63. The molecule has 2 aromatic heterocycles. The van der Waals surface area contributed by atoms with E-state index in [4.69, 9.17) is 11.6 Å². The number of carbonyl (C=O) groups is 2. The van der Waals surface area contributed by atoms with Crippen molar-refractivity contribution in [1.29, 1.82) is 0 Å². The average molecular weight is 490 g/mol. The number of hydrogen-bond donors (Lipinski definition) is 3. The molecule has 0 bridgehead atoms. The number of thiophene rings is 1. The Morgan fingerprint density at radius 1 is 1.21 bits per heavy atom. The molecule has 0 saturated carbocycles. The van der Waals surface area contributed by atoms with E-state index < -0.39 is 11.8 Å². The normalized spacial score (nSPS) is 11.4. The molecular formula is C20H14BrClN4O2S. The lowest BCUT2D eigenvalue weighted by Crippen LogP contribution is -2.34. The van der Waals surface area contributed by atoms with Gasteiger partial charge in [-0.2, -0.15) is 5.10 Å². The molecule has 4 aromatic rings. The van der Waals surface area contributed by atoms with Crippen LogP contribution >= 0.6 is 38.9 Å². The van der Waals surface area contributed by atoms with Crippen molar-refractivity contribution >= 4 is 77.9 Å². The van der Waals surface area contributed by atoms with Crippen LogP contribution in [0.2, 0.25) is 5.02 Å². The third kappa shape index (κ3) is 4.19. The van der Waals surface area contributed by atoms with Crippen molar-refractivity contribution in [3.05, 3.63) is 68.6 Å². The average Bonchev–Trinajstić information content (AvgIpc) is 3.27. The molecule has 2 aromatic carbocycles. The van der Waals surface area contributed by atoms with Crippen LogP contribution in [0.4, 0.5) is 0 Å². The van der Waals surface area contributed by atoms with E-state index in [0.29, 0.717) is 9.90 Å². The molecule has 146 valence electrons. The summed E-state index contributed by atoms with van der Waals surface area (Å²) < 4.78 is 1.87. The number of fused-ring (bicyclic) bond motifs is 2. The molecule has 0 aliphatic carbocycles. The van der Waals surface area contributed by atoms with Crippen molar-refractivity contribution in [3.8, 4) is 0 Å². The van der Waals surface area contributed by atoms with Crippen LogP contribution in [0.3, 0.4) is 0 Å². The molecule has 0 spiro atoms. The third-order valence-corrected chi connectivity index (χ3v) is 6.39. The van der Waals surface area contributed by atoms with E-state index in [1.54, 1.807) is 12.4 Å². The quantitative estimate of drug-likeness (QED) is 0.281. The lowest BCUT2D eigenvalue weighted by atomic mass is 10.2. The van der Waals surface area contributed by atoms with Gasteiger partial charge in [-0.15, -0.1) is 11.3 Å². The summed E-state index contributed by atoms with van der Waals surface area (Å²) >= 11 is 11.0. The Bertz CT molecular complexity index is 1260. The van der Waals surface area contributed by atoms with Gasteiger partial charge in [0, 0.05) is 37.2 Å². The van der Waals surface area contributed by atoms with E-state index in [1.165, 1.54) is 11.3 Å². The first-order chi connectivity index (χ1) is 14.0. The molecule has 2 amide bonds. The number of nitrogens with zero attached hydrogens (tertiary/aromatic N) is 1. The minimum atomic E-state index is -0.437. The molecule has 9 heteroatoms. The minimum absolute atomic E-state index is 0.208. The first-order valence-corrected chi connectivity index (χ1v) is 10.6. The highest BCUT2D eigenvalue weighted by molar-refractivity contribution is 9.10. The van der Waals surface area contributed by atoms with Crippen LogP contribution in [-0.4, -0.2) is 29.6 Å². The van der Waals surface area contributed by atoms with E-state index >= 15 is 0 Å². The van der Waals surface area contributed by atoms with Gasteiger partial charge in [-0.05, 0) is 24.3 Å². The number of halogens is 2. The largest absolute Gasteiger partial charge is 0.361 e.